The van der Waals surface area contributed by atoms with Crippen LogP contribution < -0.4 is 25.4 Å². The summed E-state index contributed by atoms with van der Waals surface area (Å²) in [5, 5.41) is 26.9. The van der Waals surface area contributed by atoms with Gasteiger partial charge in [-0.15, -0.1) is 5.10 Å². The maximum atomic E-state index is 13.4. The van der Waals surface area contributed by atoms with Gasteiger partial charge in [-0.1, -0.05) is 19.1 Å². The molecule has 0 fully saturated rings. The van der Waals surface area contributed by atoms with Crippen LogP contribution in [0.2, 0.25) is 0 Å². The lowest BCUT2D eigenvalue weighted by atomic mass is 10.0. The van der Waals surface area contributed by atoms with Crippen LogP contribution in [-0.4, -0.2) is 106 Å². The van der Waals surface area contributed by atoms with Crippen LogP contribution in [0.25, 0.3) is 0 Å². The van der Waals surface area contributed by atoms with E-state index in [0.717, 1.165) is 0 Å². The van der Waals surface area contributed by atoms with Crippen molar-refractivity contribution in [3.8, 4) is 11.5 Å². The normalized spacial score (nSPS) is 20.1. The van der Waals surface area contributed by atoms with Crippen molar-refractivity contribution in [1.29, 1.82) is 0 Å². The van der Waals surface area contributed by atoms with Crippen molar-refractivity contribution >= 4 is 35.4 Å². The van der Waals surface area contributed by atoms with Crippen LogP contribution in [0.15, 0.2) is 24.4 Å². The Morgan fingerprint density at radius 2 is 1.87 bits per heavy atom. The molecule has 15 heteroatoms. The highest BCUT2D eigenvalue weighted by atomic mass is 32.2. The predicted molar refractivity (Wildman–Crippen MR) is 173 cm³/mol. The van der Waals surface area contributed by atoms with Gasteiger partial charge < -0.3 is 35.4 Å². The molecule has 1 aromatic carbocycles. The van der Waals surface area contributed by atoms with Crippen LogP contribution >= 0.6 is 11.8 Å². The van der Waals surface area contributed by atoms with Crippen molar-refractivity contribution in [3.05, 3.63) is 35.7 Å². The molecule has 0 aliphatic carbocycles. The van der Waals surface area contributed by atoms with Crippen LogP contribution in [0, 0.1) is 5.92 Å². The van der Waals surface area contributed by atoms with E-state index in [2.05, 4.69) is 26.3 Å². The van der Waals surface area contributed by atoms with Gasteiger partial charge >= 0.3 is 0 Å². The number of methoxy groups -OCH3 is 1. The zero-order valence-corrected chi connectivity index (χ0v) is 28.1. The van der Waals surface area contributed by atoms with Crippen LogP contribution in [0.4, 0.5) is 0 Å². The fourth-order valence-corrected chi connectivity index (χ4v) is 5.38. The first-order chi connectivity index (χ1) is 22.0. The van der Waals surface area contributed by atoms with Gasteiger partial charge in [-0.3, -0.25) is 23.9 Å². The van der Waals surface area contributed by atoms with Crippen molar-refractivity contribution in [2.45, 2.75) is 77.8 Å². The number of nitrogens with one attached hydrogen (secondary N) is 3. The number of hydrogen-bond acceptors (Lipinski definition) is 10. The average Bonchev–Trinajstić information content (AvgIpc) is 3.47. The number of carbonyl (C=O) groups is 4. The number of ether oxygens (including phenoxy) is 2. The molecule has 1 aliphatic rings. The van der Waals surface area contributed by atoms with E-state index < -0.39 is 35.9 Å². The fraction of sp³-hybridized carbons (Fsp3) is 0.613. The molecule has 0 spiro atoms. The van der Waals surface area contributed by atoms with E-state index >= 15 is 0 Å². The molecule has 4 N–H and O–H groups in total. The zero-order valence-electron chi connectivity index (χ0n) is 27.3. The summed E-state index contributed by atoms with van der Waals surface area (Å²) in [6.07, 6.45) is 4.69. The van der Waals surface area contributed by atoms with Crippen LogP contribution in [0.3, 0.4) is 0 Å². The molecule has 1 aromatic heterocycles. The standard InChI is InChI=1S/C31H47N7O7S/c1-20(2)15-24-30(42)34-28(21(3)39)31(43)32-11-6-7-12-37(27(40)19-46-5)13-8-14-38-17-23(35-36-38)18-45-26-16-22(29(41)33-24)9-10-25(26)44-4/h9-10,16-17,20-21,24,28,39H,6-8,11-15,18-19H2,1-5H3,(H,32,43)(H,33,41)(H,34,42)/t21-,24-,28+/m1/s1. The molecule has 2 aromatic rings. The van der Waals surface area contributed by atoms with E-state index in [4.69, 9.17) is 9.47 Å². The Hall–Kier alpha value is -3.85. The molecule has 46 heavy (non-hydrogen) atoms. The minimum absolute atomic E-state index is 0.0345. The monoisotopic (exact) mass is 661 g/mol. The molecule has 1 aliphatic heterocycles. The summed E-state index contributed by atoms with van der Waals surface area (Å²) in [5.74, 6) is -0.480. The van der Waals surface area contributed by atoms with E-state index in [0.29, 0.717) is 74.8 Å². The number of aliphatic hydroxyl groups excluding tert-OH is 1. The highest BCUT2D eigenvalue weighted by Crippen LogP contribution is 2.29. The highest BCUT2D eigenvalue weighted by Gasteiger charge is 2.30. The summed E-state index contributed by atoms with van der Waals surface area (Å²) < 4.78 is 13.1. The topological polar surface area (TPSA) is 177 Å². The Morgan fingerprint density at radius 1 is 1.11 bits per heavy atom. The van der Waals surface area contributed by atoms with Gasteiger partial charge in [0.2, 0.25) is 17.7 Å². The number of nitrogens with zero attached hydrogens (tertiary/aromatic N) is 4. The van der Waals surface area contributed by atoms with Crippen molar-refractivity contribution in [1.82, 2.24) is 35.8 Å². The number of rotatable bonds is 6. The molecule has 2 heterocycles. The summed E-state index contributed by atoms with van der Waals surface area (Å²) in [6.45, 7) is 7.24. The summed E-state index contributed by atoms with van der Waals surface area (Å²) >= 11 is 1.47. The maximum Gasteiger partial charge on any atom is 0.252 e. The number of aromatic nitrogens is 3. The van der Waals surface area contributed by atoms with Crippen LogP contribution in [0.1, 0.15) is 62.5 Å². The molecule has 0 unspecified atom stereocenters. The molecular formula is C31H47N7O7S. The van der Waals surface area contributed by atoms with Gasteiger partial charge in [0, 0.05) is 31.7 Å². The van der Waals surface area contributed by atoms with Gasteiger partial charge in [-0.25, -0.2) is 0 Å². The third kappa shape index (κ3) is 11.2. The first kappa shape index (κ1) is 36.6. The lowest BCUT2D eigenvalue weighted by Gasteiger charge is -2.26. The van der Waals surface area contributed by atoms with Crippen LogP contribution in [-0.2, 0) is 27.5 Å². The summed E-state index contributed by atoms with van der Waals surface area (Å²) in [5.41, 5.74) is 0.811. The van der Waals surface area contributed by atoms with E-state index in [9.17, 15) is 24.3 Å². The van der Waals surface area contributed by atoms with Gasteiger partial charge in [-0.05, 0) is 63.0 Å². The van der Waals surface area contributed by atoms with E-state index in [1.807, 2.05) is 25.0 Å². The van der Waals surface area contributed by atoms with Crippen molar-refractivity contribution in [2.75, 3.05) is 38.8 Å². The second kappa shape index (κ2) is 18.3. The third-order valence-corrected chi connectivity index (χ3v) is 7.90. The van der Waals surface area contributed by atoms with Crippen molar-refractivity contribution in [3.63, 3.8) is 0 Å². The lowest BCUT2D eigenvalue weighted by molar-refractivity contribution is -0.132. The molecule has 4 amide bonds. The van der Waals surface area contributed by atoms with Gasteiger partial charge in [0.1, 0.15) is 24.4 Å². The molecule has 0 saturated carbocycles. The molecular weight excluding hydrogens is 614 g/mol. The Balaban J connectivity index is 1.87. The minimum Gasteiger partial charge on any atom is -0.493 e. The number of amides is 4. The lowest BCUT2D eigenvalue weighted by Crippen LogP contribution is -2.57. The van der Waals surface area contributed by atoms with Crippen LogP contribution in [0.5, 0.6) is 11.5 Å². The molecule has 0 saturated heterocycles. The Bertz CT molecular complexity index is 1320. The average molecular weight is 662 g/mol. The number of fused-ring (bicyclic) bond motifs is 4. The van der Waals surface area contributed by atoms with Crippen molar-refractivity contribution < 1.29 is 33.8 Å². The highest BCUT2D eigenvalue weighted by molar-refractivity contribution is 7.99. The molecule has 254 valence electrons. The Labute approximate surface area is 274 Å². The van der Waals surface area contributed by atoms with Gasteiger partial charge in [0.25, 0.3) is 5.91 Å². The van der Waals surface area contributed by atoms with Gasteiger partial charge in [-0.2, -0.15) is 11.8 Å². The van der Waals surface area contributed by atoms with E-state index in [-0.39, 0.29) is 24.0 Å². The molecule has 3 atom stereocenters. The molecule has 14 nitrogen and oxygen atoms in total. The van der Waals surface area contributed by atoms with Crippen molar-refractivity contribution in [2.24, 2.45) is 5.92 Å². The number of aliphatic hydroxyl groups is 1. The smallest absolute Gasteiger partial charge is 0.252 e. The number of thioether (sulfide) groups is 1. The number of benzene rings is 1. The van der Waals surface area contributed by atoms with E-state index in [1.54, 1.807) is 23.0 Å². The largest absolute Gasteiger partial charge is 0.493 e. The maximum absolute atomic E-state index is 13.4. The number of carbonyl (C=O) groups excluding carboxylic acids is 4. The quantitative estimate of drug-likeness (QED) is 0.354. The minimum atomic E-state index is -1.22. The van der Waals surface area contributed by atoms with Gasteiger partial charge in [0.05, 0.1) is 25.2 Å². The second-order valence-corrected chi connectivity index (χ2v) is 12.5. The SMILES string of the molecule is COc1ccc2cc1OCc1cn(nn1)CCCN(C(=O)CSC)CCCCNC(=O)[C@H]([C@@H](C)O)NC(=O)[C@@H](CC(C)C)NC2=O. The first-order valence-corrected chi connectivity index (χ1v) is 16.9. The molecule has 0 radical (unpaired) electrons. The third-order valence-electron chi connectivity index (χ3n) is 7.37. The number of aryl methyl sites for hydroxylation is 1. The summed E-state index contributed by atoms with van der Waals surface area (Å²) in [4.78, 5) is 54.3. The fourth-order valence-electron chi connectivity index (χ4n) is 4.95. The first-order valence-electron chi connectivity index (χ1n) is 15.6. The predicted octanol–water partition coefficient (Wildman–Crippen LogP) is 1.37. The summed E-state index contributed by atoms with van der Waals surface area (Å²) in [7, 11) is 1.49. The summed E-state index contributed by atoms with van der Waals surface area (Å²) in [6, 6.07) is 2.48. The number of hydrogen-bond donors (Lipinski definition) is 4. The Morgan fingerprint density at radius 3 is 2.57 bits per heavy atom. The Kier molecular flexibility index (Phi) is 14.6. The van der Waals surface area contributed by atoms with Gasteiger partial charge in [0.15, 0.2) is 11.5 Å². The molecule has 4 bridgehead atoms. The molecule has 3 rings (SSSR count). The zero-order chi connectivity index (χ0) is 33.6. The second-order valence-electron chi connectivity index (χ2n) is 11.7. The van der Waals surface area contributed by atoms with E-state index in [1.165, 1.54) is 31.9 Å².